The highest BCUT2D eigenvalue weighted by molar-refractivity contribution is 7.61. The highest BCUT2D eigenvalue weighted by atomic mass is 31.3. The lowest BCUT2D eigenvalue weighted by atomic mass is 9.97. The number of anilines is 1. The first kappa shape index (κ1) is 30.3. The summed E-state index contributed by atoms with van der Waals surface area (Å²) >= 11 is 0. The Bertz CT molecular complexity index is 1250. The van der Waals surface area contributed by atoms with Crippen LogP contribution < -0.4 is 5.73 Å². The number of ether oxygens (including phenoxy) is 2. The van der Waals surface area contributed by atoms with Crippen molar-refractivity contribution >= 4 is 32.6 Å². The molecule has 2 fully saturated rings. The highest BCUT2D eigenvalue weighted by Gasteiger charge is 2.49. The van der Waals surface area contributed by atoms with Crippen LogP contribution >= 0.6 is 15.6 Å². The molecule has 0 bridgehead atoms. The molecule has 220 valence electrons. The summed E-state index contributed by atoms with van der Waals surface area (Å²) in [6.45, 7) is -1.45. The Morgan fingerprint density at radius 2 is 1.62 bits per heavy atom. The van der Waals surface area contributed by atoms with Gasteiger partial charge >= 0.3 is 15.6 Å². The number of nitrogen functional groups attached to an aromatic ring is 1. The third kappa shape index (κ3) is 6.46. The number of rotatable bonds is 10. The van der Waals surface area contributed by atoms with Gasteiger partial charge in [0.25, 0.3) is 0 Å². The molecule has 22 heteroatoms. The van der Waals surface area contributed by atoms with Crippen molar-refractivity contribution in [2.45, 2.75) is 61.7 Å². The number of aromatic nitrogens is 4. The summed E-state index contributed by atoms with van der Waals surface area (Å²) in [6.07, 6.45) is -13.1. The summed E-state index contributed by atoms with van der Waals surface area (Å²) < 4.78 is 49.8. The maximum Gasteiger partial charge on any atom is 0.483 e. The zero-order chi connectivity index (χ0) is 28.7. The predicted octanol–water partition coefficient (Wildman–Crippen LogP) is -3.53. The van der Waals surface area contributed by atoms with Crippen molar-refractivity contribution in [3.8, 4) is 0 Å². The number of nitrogens with zero attached hydrogens (tertiary/aromatic N) is 4. The van der Waals surface area contributed by atoms with Gasteiger partial charge in [-0.2, -0.15) is 4.31 Å². The molecule has 4 rings (SSSR count). The fourth-order valence-corrected chi connectivity index (χ4v) is 6.15. The van der Waals surface area contributed by atoms with Crippen LogP contribution in [0, 0.1) is 0 Å². The molecule has 0 saturated carbocycles. The van der Waals surface area contributed by atoms with Crippen molar-refractivity contribution in [2.24, 2.45) is 0 Å². The molecule has 11 atom stereocenters. The van der Waals surface area contributed by atoms with Crippen LogP contribution in [0.4, 0.5) is 5.82 Å². The van der Waals surface area contributed by atoms with Crippen molar-refractivity contribution < 1.29 is 72.4 Å². The summed E-state index contributed by atoms with van der Waals surface area (Å²) in [4.78, 5) is 31.6. The van der Waals surface area contributed by atoms with Gasteiger partial charge < -0.3 is 55.6 Å². The SMILES string of the molecule is Nc1ncnc2c1ncn2C1OC(COP(=O)(O)OP(=O)(O)OC2OC(CCO)C(O)C(O)C2O)C(O)C1O. The molecule has 39 heavy (non-hydrogen) atoms. The maximum atomic E-state index is 12.3. The van der Waals surface area contributed by atoms with Gasteiger partial charge in [0.2, 0.25) is 0 Å². The molecule has 0 spiro atoms. The standard InChI is InChI=1S/C17H27N5O15P2/c18-14-8-15(20-4-19-14)22(5-21-8)16-12(27)10(25)7(34-16)3-33-38(29,30)37-39(31,32)36-17-13(28)11(26)9(24)6(35-17)1-2-23/h4-7,9-13,16-17,23-28H,1-3H2,(H,29,30)(H,31,32)(H2,18,19,20). The molecule has 2 aliphatic rings. The topological polar surface area (TPSA) is 312 Å². The van der Waals surface area contributed by atoms with E-state index in [1.807, 2.05) is 0 Å². The minimum absolute atomic E-state index is 0.0430. The van der Waals surface area contributed by atoms with Gasteiger partial charge in [-0.1, -0.05) is 0 Å². The molecular weight excluding hydrogens is 576 g/mol. The lowest BCUT2D eigenvalue weighted by Crippen LogP contribution is -2.58. The number of aliphatic hydroxyl groups excluding tert-OH is 6. The van der Waals surface area contributed by atoms with Crippen molar-refractivity contribution in [1.82, 2.24) is 19.5 Å². The smallest absolute Gasteiger partial charge is 0.396 e. The number of hydrogen-bond acceptors (Lipinski definition) is 17. The van der Waals surface area contributed by atoms with Gasteiger partial charge in [-0.25, -0.2) is 24.1 Å². The second-order valence-electron chi connectivity index (χ2n) is 8.58. The predicted molar refractivity (Wildman–Crippen MR) is 122 cm³/mol. The molecule has 0 radical (unpaired) electrons. The second kappa shape index (κ2) is 11.6. The van der Waals surface area contributed by atoms with Gasteiger partial charge in [-0.3, -0.25) is 13.6 Å². The fraction of sp³-hybridized carbons (Fsp3) is 0.706. The van der Waals surface area contributed by atoms with Crippen LogP contribution in [0.2, 0.25) is 0 Å². The minimum atomic E-state index is -5.55. The van der Waals surface area contributed by atoms with Crippen molar-refractivity contribution in [1.29, 1.82) is 0 Å². The maximum absolute atomic E-state index is 12.3. The second-order valence-corrected chi connectivity index (χ2v) is 11.6. The van der Waals surface area contributed by atoms with E-state index in [9.17, 15) is 44.4 Å². The average Bonchev–Trinajstić information content (AvgIpc) is 3.40. The number of hydrogen-bond donors (Lipinski definition) is 9. The van der Waals surface area contributed by atoms with E-state index < -0.39 is 84.1 Å². The van der Waals surface area contributed by atoms with E-state index in [1.54, 1.807) is 0 Å². The first-order valence-corrected chi connectivity index (χ1v) is 14.2. The molecule has 2 aliphatic heterocycles. The van der Waals surface area contributed by atoms with E-state index >= 15 is 0 Å². The number of aliphatic hydroxyl groups is 6. The van der Waals surface area contributed by atoms with Gasteiger partial charge in [0.15, 0.2) is 24.0 Å². The first-order valence-electron chi connectivity index (χ1n) is 11.2. The lowest BCUT2D eigenvalue weighted by Gasteiger charge is -2.40. The van der Waals surface area contributed by atoms with E-state index in [0.717, 1.165) is 6.33 Å². The average molecular weight is 603 g/mol. The zero-order valence-electron chi connectivity index (χ0n) is 19.7. The Balaban J connectivity index is 1.37. The molecule has 2 aromatic heterocycles. The summed E-state index contributed by atoms with van der Waals surface area (Å²) in [7, 11) is -11.0. The Hall–Kier alpha value is -1.71. The summed E-state index contributed by atoms with van der Waals surface area (Å²) in [5.41, 5.74) is 6.06. The number of fused-ring (bicyclic) bond motifs is 1. The third-order valence-corrected chi connectivity index (χ3v) is 8.53. The number of phosphoric ester groups is 2. The van der Waals surface area contributed by atoms with Gasteiger partial charge in [0.1, 0.15) is 48.5 Å². The Labute approximate surface area is 218 Å². The van der Waals surface area contributed by atoms with E-state index in [2.05, 4.69) is 28.3 Å². The molecule has 2 saturated heterocycles. The van der Waals surface area contributed by atoms with Crippen LogP contribution in [0.15, 0.2) is 12.7 Å². The molecule has 11 unspecified atom stereocenters. The molecule has 0 aromatic carbocycles. The monoisotopic (exact) mass is 603 g/mol. The molecule has 0 amide bonds. The van der Waals surface area contributed by atoms with Crippen LogP contribution in [0.3, 0.4) is 0 Å². The summed E-state index contributed by atoms with van der Waals surface area (Å²) in [6, 6.07) is 0. The van der Waals surface area contributed by atoms with E-state index in [0.29, 0.717) is 0 Å². The molecule has 0 aliphatic carbocycles. The van der Waals surface area contributed by atoms with E-state index in [-0.39, 0.29) is 23.4 Å². The van der Waals surface area contributed by atoms with Gasteiger partial charge in [0, 0.05) is 6.61 Å². The lowest BCUT2D eigenvalue weighted by molar-refractivity contribution is -0.277. The fourth-order valence-electron chi connectivity index (χ4n) is 3.99. The van der Waals surface area contributed by atoms with Crippen LogP contribution in [-0.4, -0.2) is 122 Å². The normalized spacial score (nSPS) is 36.6. The summed E-state index contributed by atoms with van der Waals surface area (Å²) in [5, 5.41) is 59.5. The molecule has 4 heterocycles. The number of imidazole rings is 1. The number of phosphoric acid groups is 2. The molecule has 10 N–H and O–H groups in total. The minimum Gasteiger partial charge on any atom is -0.396 e. The molecule has 20 nitrogen and oxygen atoms in total. The molecule has 2 aromatic rings. The largest absolute Gasteiger partial charge is 0.483 e. The Morgan fingerprint density at radius 3 is 2.31 bits per heavy atom. The van der Waals surface area contributed by atoms with Gasteiger partial charge in [-0.05, 0) is 6.42 Å². The molecular formula is C17H27N5O15P2. The third-order valence-electron chi connectivity index (χ3n) is 5.93. The van der Waals surface area contributed by atoms with Crippen LogP contribution in [0.25, 0.3) is 11.2 Å². The van der Waals surface area contributed by atoms with Gasteiger partial charge in [0.05, 0.1) is 19.0 Å². The van der Waals surface area contributed by atoms with Crippen LogP contribution in [-0.2, 0) is 32.0 Å². The quantitative estimate of drug-likeness (QED) is 0.119. The van der Waals surface area contributed by atoms with E-state index in [1.165, 1.54) is 10.9 Å². The van der Waals surface area contributed by atoms with Crippen LogP contribution in [0.1, 0.15) is 12.6 Å². The highest BCUT2D eigenvalue weighted by Crippen LogP contribution is 2.61. The van der Waals surface area contributed by atoms with Crippen molar-refractivity contribution in [2.75, 3.05) is 18.9 Å². The summed E-state index contributed by atoms with van der Waals surface area (Å²) in [5.74, 6) is 0.0430. The first-order chi connectivity index (χ1) is 18.2. The van der Waals surface area contributed by atoms with E-state index in [4.69, 9.17) is 20.3 Å². The Morgan fingerprint density at radius 1 is 0.923 bits per heavy atom. The van der Waals surface area contributed by atoms with Gasteiger partial charge in [-0.15, -0.1) is 0 Å². The Kier molecular flexibility index (Phi) is 9.04. The van der Waals surface area contributed by atoms with Crippen molar-refractivity contribution in [3.63, 3.8) is 0 Å². The van der Waals surface area contributed by atoms with Crippen molar-refractivity contribution in [3.05, 3.63) is 12.7 Å². The number of nitrogens with two attached hydrogens (primary N) is 1. The zero-order valence-corrected chi connectivity index (χ0v) is 21.5. The van der Waals surface area contributed by atoms with Crippen LogP contribution in [0.5, 0.6) is 0 Å².